The van der Waals surface area contributed by atoms with Crippen LogP contribution in [0.4, 0.5) is 0 Å². The van der Waals surface area contributed by atoms with Crippen LogP contribution in [0.15, 0.2) is 78.9 Å². The Kier molecular flexibility index (Phi) is 3.99. The third-order valence-corrected chi connectivity index (χ3v) is 9.23. The van der Waals surface area contributed by atoms with Crippen LogP contribution < -0.4 is 15.6 Å². The first-order valence-corrected chi connectivity index (χ1v) is 10.3. The van der Waals surface area contributed by atoms with Crippen molar-refractivity contribution in [2.24, 2.45) is 0 Å². The molecule has 0 spiro atoms. The molecule has 0 bridgehead atoms. The third kappa shape index (κ3) is 2.53. The minimum Gasteiger partial charge on any atom is -0.0624 e. The molecule has 1 heteroatoms. The quantitative estimate of drug-likeness (QED) is 0.514. The molecule has 0 unspecified atom stereocenters. The third-order valence-electron chi connectivity index (χ3n) is 4.79. The van der Waals surface area contributed by atoms with Crippen LogP contribution in [-0.4, -0.2) is 8.07 Å². The summed E-state index contributed by atoms with van der Waals surface area (Å²) in [6.07, 6.45) is 0. The average Bonchev–Trinajstić information content (AvgIpc) is 2.58. The lowest BCUT2D eigenvalue weighted by atomic mass is 10.1. The zero-order valence-electron chi connectivity index (χ0n) is 13.5. The highest BCUT2D eigenvalue weighted by Crippen LogP contribution is 2.11. The van der Waals surface area contributed by atoms with Gasteiger partial charge in [-0.15, -0.1) is 0 Å². The van der Waals surface area contributed by atoms with Crippen molar-refractivity contribution in [3.8, 4) is 0 Å². The van der Waals surface area contributed by atoms with Gasteiger partial charge < -0.3 is 0 Å². The Bertz CT molecular complexity index is 721. The van der Waals surface area contributed by atoms with Crippen LogP contribution in [0, 0.1) is 13.8 Å². The molecule has 0 N–H and O–H groups in total. The summed E-state index contributed by atoms with van der Waals surface area (Å²) in [5.41, 5.74) is 2.74. The van der Waals surface area contributed by atoms with Crippen molar-refractivity contribution in [1.29, 1.82) is 0 Å². The fourth-order valence-electron chi connectivity index (χ4n) is 3.10. The van der Waals surface area contributed by atoms with E-state index >= 15 is 0 Å². The molecule has 110 valence electrons. The van der Waals surface area contributed by atoms with Gasteiger partial charge in [0.2, 0.25) is 0 Å². The predicted octanol–water partition coefficient (Wildman–Crippen LogP) is 3.40. The van der Waals surface area contributed by atoms with Crippen LogP contribution >= 0.6 is 0 Å². The predicted molar refractivity (Wildman–Crippen MR) is 99.3 cm³/mol. The Hall–Kier alpha value is -2.12. The minimum absolute atomic E-state index is 1.36. The van der Waals surface area contributed by atoms with E-state index in [1.54, 1.807) is 0 Å². The first-order chi connectivity index (χ1) is 10.6. The highest BCUT2D eigenvalue weighted by molar-refractivity contribution is 7.10. The van der Waals surface area contributed by atoms with Gasteiger partial charge in [-0.25, -0.2) is 0 Å². The van der Waals surface area contributed by atoms with E-state index in [9.17, 15) is 0 Å². The summed E-state index contributed by atoms with van der Waals surface area (Å²) in [6, 6.07) is 29.0. The second-order valence-corrected chi connectivity index (χ2v) is 10.1. The van der Waals surface area contributed by atoms with Crippen molar-refractivity contribution in [2.75, 3.05) is 0 Å². The Morgan fingerprint density at radius 1 is 0.545 bits per heavy atom. The highest BCUT2D eigenvalue weighted by atomic mass is 28.3. The summed E-state index contributed by atoms with van der Waals surface area (Å²) in [6.45, 7) is 6.86. The van der Waals surface area contributed by atoms with Crippen LogP contribution in [0.2, 0.25) is 6.55 Å². The van der Waals surface area contributed by atoms with Crippen LogP contribution in [0.5, 0.6) is 0 Å². The summed E-state index contributed by atoms with van der Waals surface area (Å²) >= 11 is 0. The second kappa shape index (κ2) is 5.94. The number of rotatable bonds is 3. The first kappa shape index (κ1) is 14.8. The normalized spacial score (nSPS) is 11.4. The van der Waals surface area contributed by atoms with Crippen LogP contribution in [0.3, 0.4) is 0 Å². The molecular weight excluding hydrogens is 280 g/mol. The summed E-state index contributed by atoms with van der Waals surface area (Å²) < 4.78 is 0. The molecule has 0 nitrogen and oxygen atoms in total. The number of benzene rings is 3. The Labute approximate surface area is 134 Å². The van der Waals surface area contributed by atoms with E-state index in [2.05, 4.69) is 99.3 Å². The van der Waals surface area contributed by atoms with Gasteiger partial charge in [-0.1, -0.05) is 85.4 Å². The lowest BCUT2D eigenvalue weighted by Gasteiger charge is -2.30. The first-order valence-electron chi connectivity index (χ1n) is 7.81. The number of aryl methyl sites for hydroxylation is 2. The zero-order chi connectivity index (χ0) is 15.6. The molecule has 3 aromatic carbocycles. The molecule has 0 amide bonds. The smallest absolute Gasteiger partial charge is 0.0624 e. The van der Waals surface area contributed by atoms with E-state index in [1.807, 2.05) is 0 Å². The van der Waals surface area contributed by atoms with Crippen LogP contribution in [-0.2, 0) is 0 Å². The molecular formula is C21H22Si. The van der Waals surface area contributed by atoms with E-state index < -0.39 is 8.07 Å². The topological polar surface area (TPSA) is 0 Å². The maximum absolute atomic E-state index is 2.46. The molecule has 0 aliphatic carbocycles. The van der Waals surface area contributed by atoms with Crippen LogP contribution in [0.1, 0.15) is 11.1 Å². The molecule has 22 heavy (non-hydrogen) atoms. The van der Waals surface area contributed by atoms with Crippen molar-refractivity contribution in [2.45, 2.75) is 20.4 Å². The average molecular weight is 302 g/mol. The zero-order valence-corrected chi connectivity index (χ0v) is 14.5. The minimum atomic E-state index is -1.93. The van der Waals surface area contributed by atoms with Crippen molar-refractivity contribution >= 4 is 23.6 Å². The number of hydrogen-bond acceptors (Lipinski definition) is 0. The van der Waals surface area contributed by atoms with Gasteiger partial charge in [0.1, 0.15) is 8.07 Å². The molecule has 0 radical (unpaired) electrons. The maximum Gasteiger partial charge on any atom is 0.145 e. The highest BCUT2D eigenvalue weighted by Gasteiger charge is 2.33. The van der Waals surface area contributed by atoms with E-state index in [-0.39, 0.29) is 0 Å². The molecule has 3 rings (SSSR count). The molecule has 0 aliphatic heterocycles. The van der Waals surface area contributed by atoms with E-state index in [1.165, 1.54) is 26.7 Å². The standard InChI is InChI=1S/C21H22Si/c1-17-14-15-21(16-18(17)2)22(3,19-10-6-4-7-11-19)20-12-8-5-9-13-20/h4-16H,1-3H3. The molecule has 0 aliphatic rings. The van der Waals surface area contributed by atoms with E-state index in [0.29, 0.717) is 0 Å². The maximum atomic E-state index is 2.46. The summed E-state index contributed by atoms with van der Waals surface area (Å²) in [4.78, 5) is 0. The molecule has 0 saturated heterocycles. The fraction of sp³-hybridized carbons (Fsp3) is 0.143. The Morgan fingerprint density at radius 3 is 1.50 bits per heavy atom. The molecule has 0 saturated carbocycles. The molecule has 0 heterocycles. The largest absolute Gasteiger partial charge is 0.145 e. The van der Waals surface area contributed by atoms with Gasteiger partial charge in [0.05, 0.1) is 0 Å². The fourth-order valence-corrected chi connectivity index (χ4v) is 6.74. The van der Waals surface area contributed by atoms with E-state index in [4.69, 9.17) is 0 Å². The van der Waals surface area contributed by atoms with Gasteiger partial charge in [0.25, 0.3) is 0 Å². The van der Waals surface area contributed by atoms with Crippen molar-refractivity contribution in [1.82, 2.24) is 0 Å². The Morgan fingerprint density at radius 2 is 1.05 bits per heavy atom. The van der Waals surface area contributed by atoms with Gasteiger partial charge in [-0.3, -0.25) is 0 Å². The van der Waals surface area contributed by atoms with Crippen molar-refractivity contribution in [3.63, 3.8) is 0 Å². The van der Waals surface area contributed by atoms with Crippen LogP contribution in [0.25, 0.3) is 0 Å². The Balaban J connectivity index is 2.26. The lowest BCUT2D eigenvalue weighted by molar-refractivity contribution is 1.35. The van der Waals surface area contributed by atoms with Gasteiger partial charge in [-0.05, 0) is 40.5 Å². The van der Waals surface area contributed by atoms with Gasteiger partial charge in [0.15, 0.2) is 0 Å². The van der Waals surface area contributed by atoms with Gasteiger partial charge in [0, 0.05) is 0 Å². The summed E-state index contributed by atoms with van der Waals surface area (Å²) in [5.74, 6) is 0. The van der Waals surface area contributed by atoms with E-state index in [0.717, 1.165) is 0 Å². The molecule has 0 atom stereocenters. The second-order valence-electron chi connectivity index (χ2n) is 6.16. The van der Waals surface area contributed by atoms with Gasteiger partial charge >= 0.3 is 0 Å². The number of hydrogen-bond donors (Lipinski definition) is 0. The summed E-state index contributed by atoms with van der Waals surface area (Å²) in [7, 11) is -1.93. The monoisotopic (exact) mass is 302 g/mol. The molecule has 0 fully saturated rings. The van der Waals surface area contributed by atoms with Gasteiger partial charge in [-0.2, -0.15) is 0 Å². The SMILES string of the molecule is Cc1ccc([Si](C)(c2ccccc2)c2ccccc2)cc1C. The molecule has 3 aromatic rings. The van der Waals surface area contributed by atoms with Crippen molar-refractivity contribution in [3.05, 3.63) is 90.0 Å². The molecule has 0 aromatic heterocycles. The van der Waals surface area contributed by atoms with Crippen molar-refractivity contribution < 1.29 is 0 Å². The lowest BCUT2D eigenvalue weighted by Crippen LogP contribution is -2.64. The summed E-state index contributed by atoms with van der Waals surface area (Å²) in [5, 5.41) is 4.40.